The third-order valence-corrected chi connectivity index (χ3v) is 5.72. The lowest BCUT2D eigenvalue weighted by atomic mass is 9.98. The van der Waals surface area contributed by atoms with E-state index in [1.54, 1.807) is 16.9 Å². The van der Waals surface area contributed by atoms with Gasteiger partial charge in [-0.05, 0) is 55.2 Å². The van der Waals surface area contributed by atoms with E-state index in [0.29, 0.717) is 16.9 Å². The highest BCUT2D eigenvalue weighted by Gasteiger charge is 2.18. The number of fused-ring (bicyclic) bond motifs is 1. The maximum absolute atomic E-state index is 13.4. The summed E-state index contributed by atoms with van der Waals surface area (Å²) in [5.74, 6) is 0.164. The number of anilines is 1. The predicted octanol–water partition coefficient (Wildman–Crippen LogP) is 5.33. The minimum atomic E-state index is -0.218. The molecule has 1 amide bonds. The number of carbonyl (C=O) groups is 1. The average molecular weight is 415 g/mol. The van der Waals surface area contributed by atoms with E-state index in [0.717, 1.165) is 33.3 Å². The van der Waals surface area contributed by atoms with E-state index >= 15 is 0 Å². The van der Waals surface area contributed by atoms with E-state index in [1.165, 1.54) is 0 Å². The van der Waals surface area contributed by atoms with Crippen LogP contribution in [0.3, 0.4) is 0 Å². The molecule has 0 atom stereocenters. The molecule has 6 nitrogen and oxygen atoms in total. The number of rotatable bonds is 4. The highest BCUT2D eigenvalue weighted by molar-refractivity contribution is 6.13. The van der Waals surface area contributed by atoms with Crippen LogP contribution in [0.2, 0.25) is 0 Å². The van der Waals surface area contributed by atoms with Gasteiger partial charge in [0.05, 0.1) is 23.0 Å². The number of phenols is 1. The second-order valence-electron chi connectivity index (χ2n) is 8.17. The van der Waals surface area contributed by atoms with Crippen molar-refractivity contribution in [3.05, 3.63) is 71.0 Å². The maximum Gasteiger partial charge on any atom is 0.256 e. The highest BCUT2D eigenvalue weighted by Crippen LogP contribution is 2.32. The third-order valence-electron chi connectivity index (χ3n) is 5.72. The van der Waals surface area contributed by atoms with Crippen LogP contribution in [0.25, 0.3) is 22.2 Å². The number of aromatic nitrogens is 3. The summed E-state index contributed by atoms with van der Waals surface area (Å²) in [6.45, 7) is 7.87. The van der Waals surface area contributed by atoms with E-state index in [1.807, 2.05) is 71.1 Å². The van der Waals surface area contributed by atoms with Crippen molar-refractivity contribution >= 4 is 22.5 Å². The molecule has 4 aromatic rings. The summed E-state index contributed by atoms with van der Waals surface area (Å²) in [7, 11) is 1.88. The molecule has 0 aliphatic heterocycles. The quantitative estimate of drug-likeness (QED) is 0.442. The van der Waals surface area contributed by atoms with Gasteiger partial charge in [0.1, 0.15) is 5.75 Å². The molecule has 0 aliphatic carbocycles. The molecule has 2 aromatic carbocycles. The third kappa shape index (κ3) is 3.77. The first-order valence-electron chi connectivity index (χ1n) is 10.3. The van der Waals surface area contributed by atoms with Gasteiger partial charge in [0.15, 0.2) is 0 Å². The fourth-order valence-electron chi connectivity index (χ4n) is 3.75. The van der Waals surface area contributed by atoms with Crippen LogP contribution in [0.4, 0.5) is 5.69 Å². The number of nitrogens with zero attached hydrogens (tertiary/aromatic N) is 3. The first kappa shape index (κ1) is 20.6. The molecule has 0 fully saturated rings. The van der Waals surface area contributed by atoms with Gasteiger partial charge in [-0.15, -0.1) is 0 Å². The SMILES string of the molecule is Cc1cc(O)c(C(C)C)cc1NC(=O)c1cc(-c2cnn(C)c2C)nc2ccccc12. The molecule has 0 bridgehead atoms. The zero-order chi connectivity index (χ0) is 22.3. The van der Waals surface area contributed by atoms with Gasteiger partial charge < -0.3 is 10.4 Å². The lowest BCUT2D eigenvalue weighted by Crippen LogP contribution is -2.14. The van der Waals surface area contributed by atoms with Crippen LogP contribution in [-0.2, 0) is 7.05 Å². The van der Waals surface area contributed by atoms with Crippen LogP contribution in [0.5, 0.6) is 5.75 Å². The molecule has 31 heavy (non-hydrogen) atoms. The fourth-order valence-corrected chi connectivity index (χ4v) is 3.75. The van der Waals surface area contributed by atoms with Gasteiger partial charge in [0.2, 0.25) is 0 Å². The van der Waals surface area contributed by atoms with Crippen molar-refractivity contribution in [1.29, 1.82) is 0 Å². The zero-order valence-corrected chi connectivity index (χ0v) is 18.4. The number of amides is 1. The van der Waals surface area contributed by atoms with Crippen molar-refractivity contribution in [2.45, 2.75) is 33.6 Å². The average Bonchev–Trinajstić information content (AvgIpc) is 3.07. The Labute approximate surface area is 181 Å². The number of benzene rings is 2. The number of para-hydroxylation sites is 1. The summed E-state index contributed by atoms with van der Waals surface area (Å²) in [5.41, 5.74) is 6.16. The first-order chi connectivity index (χ1) is 14.8. The van der Waals surface area contributed by atoms with Gasteiger partial charge in [0.25, 0.3) is 5.91 Å². The predicted molar refractivity (Wildman–Crippen MR) is 124 cm³/mol. The van der Waals surface area contributed by atoms with E-state index in [9.17, 15) is 9.90 Å². The Balaban J connectivity index is 1.81. The largest absolute Gasteiger partial charge is 0.508 e. The van der Waals surface area contributed by atoms with Crippen LogP contribution in [-0.4, -0.2) is 25.8 Å². The fraction of sp³-hybridized carbons (Fsp3) is 0.240. The van der Waals surface area contributed by atoms with Crippen LogP contribution in [0.15, 0.2) is 48.7 Å². The van der Waals surface area contributed by atoms with Crippen molar-refractivity contribution in [2.24, 2.45) is 7.05 Å². The van der Waals surface area contributed by atoms with Crippen molar-refractivity contribution in [3.63, 3.8) is 0 Å². The summed E-state index contributed by atoms with van der Waals surface area (Å²) < 4.78 is 1.79. The molecule has 0 saturated carbocycles. The molecule has 0 radical (unpaired) electrons. The van der Waals surface area contributed by atoms with Crippen molar-refractivity contribution in [1.82, 2.24) is 14.8 Å². The molecule has 2 aromatic heterocycles. The molecular formula is C25H26N4O2. The Bertz CT molecular complexity index is 1300. The highest BCUT2D eigenvalue weighted by atomic mass is 16.3. The Morgan fingerprint density at radius 3 is 2.55 bits per heavy atom. The minimum Gasteiger partial charge on any atom is -0.508 e. The second kappa shape index (κ2) is 7.87. The molecule has 0 aliphatic rings. The van der Waals surface area contributed by atoms with Crippen molar-refractivity contribution in [3.8, 4) is 17.0 Å². The number of aryl methyl sites for hydroxylation is 2. The van der Waals surface area contributed by atoms with E-state index in [4.69, 9.17) is 4.98 Å². The zero-order valence-electron chi connectivity index (χ0n) is 18.4. The Morgan fingerprint density at radius 2 is 1.87 bits per heavy atom. The molecular weight excluding hydrogens is 388 g/mol. The van der Waals surface area contributed by atoms with Gasteiger partial charge in [-0.3, -0.25) is 9.48 Å². The van der Waals surface area contributed by atoms with Gasteiger partial charge in [-0.2, -0.15) is 5.10 Å². The summed E-state index contributed by atoms with van der Waals surface area (Å²) in [5, 5.41) is 18.4. The maximum atomic E-state index is 13.4. The van der Waals surface area contributed by atoms with Crippen molar-refractivity contribution < 1.29 is 9.90 Å². The van der Waals surface area contributed by atoms with E-state index < -0.39 is 0 Å². The molecule has 0 spiro atoms. The molecule has 2 N–H and O–H groups in total. The summed E-state index contributed by atoms with van der Waals surface area (Å²) in [6, 6.07) is 13.0. The first-order valence-corrected chi connectivity index (χ1v) is 10.3. The molecule has 0 unspecified atom stereocenters. The lowest BCUT2D eigenvalue weighted by Gasteiger charge is -2.15. The van der Waals surface area contributed by atoms with E-state index in [2.05, 4.69) is 10.4 Å². The molecule has 6 heteroatoms. The van der Waals surface area contributed by atoms with Gasteiger partial charge >= 0.3 is 0 Å². The number of aromatic hydroxyl groups is 1. The minimum absolute atomic E-state index is 0.137. The van der Waals surface area contributed by atoms with Gasteiger partial charge in [-0.1, -0.05) is 32.0 Å². The summed E-state index contributed by atoms with van der Waals surface area (Å²) in [6.07, 6.45) is 1.77. The number of phenolic OH excluding ortho intramolecular Hbond substituents is 1. The smallest absolute Gasteiger partial charge is 0.256 e. The van der Waals surface area contributed by atoms with Crippen LogP contribution < -0.4 is 5.32 Å². The standard InChI is InChI=1S/C25H26N4O2/c1-14(2)18-11-22(15(3)10-24(18)30)28-25(31)19-12-23(20-13-26-29(5)16(20)4)27-21-9-7-6-8-17(19)21/h6-14,30H,1-5H3,(H,28,31). The molecule has 0 saturated heterocycles. The second-order valence-corrected chi connectivity index (χ2v) is 8.17. The van der Waals surface area contributed by atoms with Crippen LogP contribution in [0.1, 0.15) is 46.9 Å². The Hall–Kier alpha value is -3.67. The van der Waals surface area contributed by atoms with E-state index in [-0.39, 0.29) is 17.6 Å². The number of hydrogen-bond acceptors (Lipinski definition) is 4. The Morgan fingerprint density at radius 1 is 1.13 bits per heavy atom. The Kier molecular flexibility index (Phi) is 5.23. The summed E-state index contributed by atoms with van der Waals surface area (Å²) >= 11 is 0. The topological polar surface area (TPSA) is 80.0 Å². The number of nitrogens with one attached hydrogen (secondary N) is 1. The normalized spacial score (nSPS) is 11.3. The van der Waals surface area contributed by atoms with Gasteiger partial charge in [0, 0.05) is 29.4 Å². The number of pyridine rings is 1. The van der Waals surface area contributed by atoms with Crippen LogP contribution in [0, 0.1) is 13.8 Å². The monoisotopic (exact) mass is 414 g/mol. The number of hydrogen-bond donors (Lipinski definition) is 2. The molecule has 158 valence electrons. The number of carbonyl (C=O) groups excluding carboxylic acids is 1. The van der Waals surface area contributed by atoms with Crippen molar-refractivity contribution in [2.75, 3.05) is 5.32 Å². The summed E-state index contributed by atoms with van der Waals surface area (Å²) in [4.78, 5) is 18.2. The molecule has 2 heterocycles. The van der Waals surface area contributed by atoms with Gasteiger partial charge in [-0.25, -0.2) is 4.98 Å². The van der Waals surface area contributed by atoms with Crippen LogP contribution >= 0.6 is 0 Å². The lowest BCUT2D eigenvalue weighted by molar-refractivity contribution is 0.102. The molecule has 4 rings (SSSR count).